The van der Waals surface area contributed by atoms with Crippen LogP contribution in [0.5, 0.6) is 0 Å². The van der Waals surface area contributed by atoms with Crippen molar-refractivity contribution in [3.63, 3.8) is 0 Å². The molecule has 2 aromatic rings. The van der Waals surface area contributed by atoms with Crippen LogP contribution in [0.4, 0.5) is 0 Å². The lowest BCUT2D eigenvalue weighted by Gasteiger charge is -2.52. The summed E-state index contributed by atoms with van der Waals surface area (Å²) in [5.74, 6) is 0.181. The minimum Gasteiger partial charge on any atom is -0.389 e. The fraction of sp³-hybridized carbons (Fsp3) is 0.364. The molecule has 2 nitrogen and oxygen atoms in total. The molecule has 0 aliphatic carbocycles. The van der Waals surface area contributed by atoms with Crippen molar-refractivity contribution in [2.75, 3.05) is 0 Å². The zero-order valence-electron chi connectivity index (χ0n) is 14.5. The van der Waals surface area contributed by atoms with Crippen molar-refractivity contribution in [2.45, 2.75) is 38.0 Å². The first-order valence-electron chi connectivity index (χ1n) is 8.77. The van der Waals surface area contributed by atoms with Gasteiger partial charge in [0.05, 0.1) is 5.60 Å². The summed E-state index contributed by atoms with van der Waals surface area (Å²) >= 11 is 0. The van der Waals surface area contributed by atoms with E-state index in [0.29, 0.717) is 6.42 Å². The van der Waals surface area contributed by atoms with Gasteiger partial charge in [0, 0.05) is 23.9 Å². The standard InChI is InChI=1S/C22H27NO/c1-4-15-22(24)16(2)20(18-11-7-5-8-12-18)23-21(17(22)3)19-13-9-6-10-14-19/h4-14,16-17,20-21,23-24H,1,15H2,2-3H3/t16-,17+,20-,21+,22?. The third-order valence-corrected chi connectivity index (χ3v) is 5.72. The molecule has 1 fully saturated rings. The first kappa shape index (κ1) is 16.9. The van der Waals surface area contributed by atoms with E-state index in [1.54, 1.807) is 0 Å². The molecule has 126 valence electrons. The third-order valence-electron chi connectivity index (χ3n) is 5.72. The molecule has 1 heterocycles. The molecule has 0 saturated carbocycles. The van der Waals surface area contributed by atoms with Crippen LogP contribution in [0.2, 0.25) is 0 Å². The van der Waals surface area contributed by atoms with Gasteiger partial charge in [0.2, 0.25) is 0 Å². The Kier molecular flexibility index (Phi) is 4.88. The zero-order chi connectivity index (χ0) is 17.2. The molecule has 0 amide bonds. The van der Waals surface area contributed by atoms with Gasteiger partial charge in [-0.1, -0.05) is 80.6 Å². The Bertz CT molecular complexity index is 615. The molecule has 0 spiro atoms. The summed E-state index contributed by atoms with van der Waals surface area (Å²) in [5.41, 5.74) is 1.66. The van der Waals surface area contributed by atoms with E-state index in [2.05, 4.69) is 74.3 Å². The first-order valence-corrected chi connectivity index (χ1v) is 8.77. The number of aliphatic hydroxyl groups is 1. The van der Waals surface area contributed by atoms with Crippen molar-refractivity contribution in [3.8, 4) is 0 Å². The monoisotopic (exact) mass is 321 g/mol. The van der Waals surface area contributed by atoms with E-state index in [1.807, 2.05) is 18.2 Å². The Morgan fingerprint density at radius 2 is 1.33 bits per heavy atom. The van der Waals surface area contributed by atoms with Gasteiger partial charge in [0.1, 0.15) is 0 Å². The smallest absolute Gasteiger partial charge is 0.0768 e. The van der Waals surface area contributed by atoms with Gasteiger partial charge in [0.15, 0.2) is 0 Å². The van der Waals surface area contributed by atoms with Crippen LogP contribution in [0, 0.1) is 11.8 Å². The van der Waals surface area contributed by atoms with Gasteiger partial charge < -0.3 is 10.4 Å². The van der Waals surface area contributed by atoms with Crippen molar-refractivity contribution < 1.29 is 5.11 Å². The minimum atomic E-state index is -0.784. The second-order valence-corrected chi connectivity index (χ2v) is 7.00. The Morgan fingerprint density at radius 1 is 0.917 bits per heavy atom. The molecule has 2 N–H and O–H groups in total. The molecule has 1 aliphatic heterocycles. The van der Waals surface area contributed by atoms with Crippen molar-refractivity contribution >= 4 is 0 Å². The van der Waals surface area contributed by atoms with Crippen LogP contribution < -0.4 is 5.32 Å². The van der Waals surface area contributed by atoms with Crippen molar-refractivity contribution in [1.82, 2.24) is 5.32 Å². The van der Waals surface area contributed by atoms with Crippen molar-refractivity contribution in [2.24, 2.45) is 11.8 Å². The summed E-state index contributed by atoms with van der Waals surface area (Å²) in [6, 6.07) is 21.1. The van der Waals surface area contributed by atoms with E-state index in [-0.39, 0.29) is 23.9 Å². The number of nitrogens with one attached hydrogen (secondary N) is 1. The van der Waals surface area contributed by atoms with E-state index in [4.69, 9.17) is 0 Å². The number of benzene rings is 2. The summed E-state index contributed by atoms with van der Waals surface area (Å²) < 4.78 is 0. The molecule has 3 rings (SSSR count). The van der Waals surface area contributed by atoms with Crippen LogP contribution in [0.15, 0.2) is 73.3 Å². The fourth-order valence-electron chi connectivity index (χ4n) is 4.17. The highest BCUT2D eigenvalue weighted by Gasteiger charge is 2.50. The molecule has 2 heteroatoms. The number of rotatable bonds is 4. The fourth-order valence-corrected chi connectivity index (χ4v) is 4.17. The van der Waals surface area contributed by atoms with E-state index in [9.17, 15) is 5.11 Å². The predicted molar refractivity (Wildman–Crippen MR) is 99.6 cm³/mol. The number of hydrogen-bond donors (Lipinski definition) is 2. The van der Waals surface area contributed by atoms with Crippen LogP contribution in [0.1, 0.15) is 43.5 Å². The molecule has 0 radical (unpaired) electrons. The van der Waals surface area contributed by atoms with Crippen LogP contribution in [0.25, 0.3) is 0 Å². The highest BCUT2D eigenvalue weighted by atomic mass is 16.3. The second-order valence-electron chi connectivity index (χ2n) is 7.00. The lowest BCUT2D eigenvalue weighted by molar-refractivity contribution is -0.108. The van der Waals surface area contributed by atoms with E-state index < -0.39 is 5.60 Å². The molecule has 0 aromatic heterocycles. The summed E-state index contributed by atoms with van der Waals surface area (Å²) in [5, 5.41) is 15.4. The summed E-state index contributed by atoms with van der Waals surface area (Å²) in [6.07, 6.45) is 2.45. The van der Waals surface area contributed by atoms with Gasteiger partial charge in [-0.15, -0.1) is 6.58 Å². The Hall–Kier alpha value is -1.90. The molecule has 0 bridgehead atoms. The third kappa shape index (κ3) is 2.92. The quantitative estimate of drug-likeness (QED) is 0.803. The number of hydrogen-bond acceptors (Lipinski definition) is 2. The summed E-state index contributed by atoms with van der Waals surface area (Å²) in [7, 11) is 0. The maximum absolute atomic E-state index is 11.6. The molecular weight excluding hydrogens is 294 g/mol. The van der Waals surface area contributed by atoms with Crippen LogP contribution in [-0.4, -0.2) is 10.7 Å². The normalized spacial score (nSPS) is 33.1. The molecule has 2 aromatic carbocycles. The van der Waals surface area contributed by atoms with Gasteiger partial charge >= 0.3 is 0 Å². The molecular formula is C22H27NO. The summed E-state index contributed by atoms with van der Waals surface area (Å²) in [4.78, 5) is 0. The maximum Gasteiger partial charge on any atom is 0.0768 e. The van der Waals surface area contributed by atoms with Crippen LogP contribution in [-0.2, 0) is 0 Å². The lowest BCUT2D eigenvalue weighted by Crippen LogP contribution is -2.57. The highest BCUT2D eigenvalue weighted by Crippen LogP contribution is 2.48. The van der Waals surface area contributed by atoms with E-state index in [0.717, 1.165) is 0 Å². The summed E-state index contributed by atoms with van der Waals surface area (Å²) in [6.45, 7) is 8.17. The topological polar surface area (TPSA) is 32.3 Å². The van der Waals surface area contributed by atoms with Gasteiger partial charge in [-0.25, -0.2) is 0 Å². The average Bonchev–Trinajstić information content (AvgIpc) is 2.62. The average molecular weight is 321 g/mol. The van der Waals surface area contributed by atoms with Gasteiger partial charge in [-0.2, -0.15) is 0 Å². The molecule has 24 heavy (non-hydrogen) atoms. The number of piperidine rings is 1. The maximum atomic E-state index is 11.6. The van der Waals surface area contributed by atoms with Crippen molar-refractivity contribution in [1.29, 1.82) is 0 Å². The van der Waals surface area contributed by atoms with E-state index in [1.165, 1.54) is 11.1 Å². The van der Waals surface area contributed by atoms with E-state index >= 15 is 0 Å². The first-order chi connectivity index (χ1) is 11.6. The largest absolute Gasteiger partial charge is 0.389 e. The van der Waals surface area contributed by atoms with Gasteiger partial charge in [-0.3, -0.25) is 0 Å². The Labute approximate surface area is 145 Å². The second kappa shape index (κ2) is 6.92. The van der Waals surface area contributed by atoms with Gasteiger partial charge in [0.25, 0.3) is 0 Å². The Morgan fingerprint density at radius 3 is 1.71 bits per heavy atom. The molecule has 1 unspecified atom stereocenters. The molecule has 1 aliphatic rings. The molecule has 5 atom stereocenters. The van der Waals surface area contributed by atoms with Gasteiger partial charge in [-0.05, 0) is 17.5 Å². The van der Waals surface area contributed by atoms with Crippen molar-refractivity contribution in [3.05, 3.63) is 84.4 Å². The SMILES string of the molecule is C=CCC1(O)[C@H](C)[C@H](c2ccccc2)N[C@H](c2ccccc2)[C@@H]1C. The zero-order valence-corrected chi connectivity index (χ0v) is 14.5. The van der Waals surface area contributed by atoms with Crippen LogP contribution >= 0.6 is 0 Å². The van der Waals surface area contributed by atoms with Crippen LogP contribution in [0.3, 0.4) is 0 Å². The predicted octanol–water partition coefficient (Wildman–Crippen LogP) is 4.65. The minimum absolute atomic E-state index is 0.0906. The highest BCUT2D eigenvalue weighted by molar-refractivity contribution is 5.28. The molecule has 1 saturated heterocycles. The Balaban J connectivity index is 2.03. The lowest BCUT2D eigenvalue weighted by atomic mass is 9.65.